The number of benzene rings is 3. The molecule has 1 fully saturated rings. The lowest BCUT2D eigenvalue weighted by Crippen LogP contribution is -2.02. The van der Waals surface area contributed by atoms with Gasteiger partial charge in [-0.1, -0.05) is 42.5 Å². The maximum Gasteiger partial charge on any atom is 0.305 e. The summed E-state index contributed by atoms with van der Waals surface area (Å²) in [7, 11) is 1.39. The third-order valence-electron chi connectivity index (χ3n) is 6.17. The van der Waals surface area contributed by atoms with Crippen LogP contribution in [0.4, 0.5) is 4.39 Å². The van der Waals surface area contributed by atoms with E-state index in [1.165, 1.54) is 19.2 Å². The maximum atomic E-state index is 14.0. The fourth-order valence-corrected chi connectivity index (χ4v) is 3.97. The Morgan fingerprint density at radius 2 is 1.79 bits per heavy atom. The van der Waals surface area contributed by atoms with Gasteiger partial charge >= 0.3 is 5.97 Å². The van der Waals surface area contributed by atoms with Gasteiger partial charge in [0.25, 0.3) is 0 Å². The first-order valence-electron chi connectivity index (χ1n) is 11.1. The van der Waals surface area contributed by atoms with Crippen molar-refractivity contribution in [2.75, 3.05) is 7.11 Å². The van der Waals surface area contributed by atoms with Gasteiger partial charge < -0.3 is 9.47 Å². The highest BCUT2D eigenvalue weighted by atomic mass is 19.1. The van der Waals surface area contributed by atoms with Crippen LogP contribution in [-0.2, 0) is 28.0 Å². The van der Waals surface area contributed by atoms with E-state index in [1.807, 2.05) is 48.5 Å². The van der Waals surface area contributed by atoms with E-state index in [9.17, 15) is 14.4 Å². The molecule has 1 aliphatic carbocycles. The summed E-state index contributed by atoms with van der Waals surface area (Å²) in [5.74, 6) is 0.186. The highest BCUT2D eigenvalue weighted by Crippen LogP contribution is 2.47. The number of hydrogen-bond donors (Lipinski definition) is 0. The van der Waals surface area contributed by atoms with Crippen molar-refractivity contribution in [3.63, 3.8) is 0 Å². The molecule has 0 N–H and O–H groups in total. The van der Waals surface area contributed by atoms with Crippen LogP contribution >= 0.6 is 0 Å². The lowest BCUT2D eigenvalue weighted by molar-refractivity contribution is -0.140. The Hall–Kier alpha value is -3.65. The number of carbonyl (C=O) groups is 1. The summed E-state index contributed by atoms with van der Waals surface area (Å²) in [6.07, 6.45) is 3.72. The molecule has 0 aromatic heterocycles. The molecule has 0 amide bonds. The Labute approximate surface area is 193 Å². The molecular weight excluding hydrogens is 417 g/mol. The van der Waals surface area contributed by atoms with Gasteiger partial charge in [0.15, 0.2) is 0 Å². The third-order valence-corrected chi connectivity index (χ3v) is 6.17. The van der Waals surface area contributed by atoms with Crippen molar-refractivity contribution in [1.29, 1.82) is 5.26 Å². The molecular formula is C28H26FNO3. The number of carbonyl (C=O) groups excluding carboxylic acids is 1. The van der Waals surface area contributed by atoms with Gasteiger partial charge in [0.05, 0.1) is 18.6 Å². The first kappa shape index (κ1) is 22.5. The minimum atomic E-state index is -0.321. The first-order chi connectivity index (χ1) is 16.0. The van der Waals surface area contributed by atoms with Gasteiger partial charge in [-0.3, -0.25) is 4.79 Å². The number of halogens is 1. The smallest absolute Gasteiger partial charge is 0.305 e. The fourth-order valence-electron chi connectivity index (χ4n) is 3.97. The van der Waals surface area contributed by atoms with Gasteiger partial charge in [-0.15, -0.1) is 0 Å². The summed E-state index contributed by atoms with van der Waals surface area (Å²) in [5.41, 5.74) is 4.46. The van der Waals surface area contributed by atoms with Crippen molar-refractivity contribution in [1.82, 2.24) is 0 Å². The molecule has 3 aromatic carbocycles. The average molecular weight is 444 g/mol. The minimum absolute atomic E-state index is 0.201. The van der Waals surface area contributed by atoms with Crippen LogP contribution in [0, 0.1) is 17.1 Å². The molecule has 0 unspecified atom stereocenters. The Morgan fingerprint density at radius 3 is 2.42 bits per heavy atom. The molecule has 0 saturated heterocycles. The molecule has 3 aromatic rings. The van der Waals surface area contributed by atoms with E-state index in [4.69, 9.17) is 4.74 Å². The van der Waals surface area contributed by atoms with Crippen LogP contribution in [0.3, 0.4) is 0 Å². The number of esters is 1. The number of nitriles is 1. The van der Waals surface area contributed by atoms with Crippen LogP contribution in [-0.4, -0.2) is 13.1 Å². The summed E-state index contributed by atoms with van der Waals surface area (Å²) in [6.45, 7) is 0.235. The molecule has 0 radical (unpaired) electrons. The van der Waals surface area contributed by atoms with Gasteiger partial charge in [-0.2, -0.15) is 5.26 Å². The number of rotatable bonds is 9. The van der Waals surface area contributed by atoms with Gasteiger partial charge in [0, 0.05) is 6.42 Å². The Kier molecular flexibility index (Phi) is 6.74. The predicted octanol–water partition coefficient (Wildman–Crippen LogP) is 6.12. The van der Waals surface area contributed by atoms with Gasteiger partial charge in [-0.05, 0) is 77.8 Å². The molecule has 0 aliphatic heterocycles. The molecule has 4 nitrogen and oxygen atoms in total. The quantitative estimate of drug-likeness (QED) is 0.374. The van der Waals surface area contributed by atoms with Crippen LogP contribution < -0.4 is 4.74 Å². The van der Waals surface area contributed by atoms with E-state index in [1.54, 1.807) is 6.07 Å². The summed E-state index contributed by atoms with van der Waals surface area (Å²) < 4.78 is 24.6. The molecule has 0 bridgehead atoms. The molecule has 1 aliphatic rings. The van der Waals surface area contributed by atoms with Crippen molar-refractivity contribution in [3.8, 4) is 22.9 Å². The molecule has 1 saturated carbocycles. The third kappa shape index (κ3) is 5.40. The minimum Gasteiger partial charge on any atom is -0.489 e. The lowest BCUT2D eigenvalue weighted by atomic mass is 9.93. The number of hydrogen-bond acceptors (Lipinski definition) is 4. The normalized spacial score (nSPS) is 13.7. The zero-order chi connectivity index (χ0) is 23.3. The molecule has 0 atom stereocenters. The van der Waals surface area contributed by atoms with Crippen molar-refractivity contribution in [2.24, 2.45) is 0 Å². The van der Waals surface area contributed by atoms with E-state index in [-0.39, 0.29) is 23.8 Å². The number of nitrogens with zero attached hydrogens (tertiary/aromatic N) is 1. The van der Waals surface area contributed by atoms with Crippen molar-refractivity contribution >= 4 is 5.97 Å². The zero-order valence-corrected chi connectivity index (χ0v) is 18.6. The van der Waals surface area contributed by atoms with Crippen LogP contribution in [0.2, 0.25) is 0 Å². The van der Waals surface area contributed by atoms with Crippen LogP contribution in [0.25, 0.3) is 11.1 Å². The standard InChI is InChI=1S/C28H26FNO3/c1-32-27(31)4-2-3-20-5-12-25(13-6-20)33-18-22-17-24(29)11-14-26(22)21-7-9-23(10-8-21)28(19-30)15-16-28/h5-14,17H,2-4,15-16,18H2,1H3. The Morgan fingerprint density at radius 1 is 1.06 bits per heavy atom. The SMILES string of the molecule is COC(=O)CCCc1ccc(OCc2cc(F)ccc2-c2ccc(C3(C#N)CC3)cc2)cc1. The molecule has 5 heteroatoms. The zero-order valence-electron chi connectivity index (χ0n) is 18.6. The molecule has 0 spiro atoms. The summed E-state index contributed by atoms with van der Waals surface area (Å²) >= 11 is 0. The van der Waals surface area contributed by atoms with Gasteiger partial charge in [0.1, 0.15) is 18.2 Å². The molecule has 0 heterocycles. The summed E-state index contributed by atoms with van der Waals surface area (Å²) in [5, 5.41) is 9.41. The molecule has 33 heavy (non-hydrogen) atoms. The van der Waals surface area contributed by atoms with E-state index < -0.39 is 0 Å². The van der Waals surface area contributed by atoms with E-state index in [2.05, 4.69) is 10.8 Å². The maximum absolute atomic E-state index is 14.0. The predicted molar refractivity (Wildman–Crippen MR) is 124 cm³/mol. The van der Waals surface area contributed by atoms with E-state index in [0.717, 1.165) is 53.5 Å². The second kappa shape index (κ2) is 9.87. The molecule has 4 rings (SSSR count). The van der Waals surface area contributed by atoms with Crippen molar-refractivity contribution in [3.05, 3.63) is 89.2 Å². The van der Waals surface area contributed by atoms with Crippen molar-refractivity contribution < 1.29 is 18.7 Å². The number of ether oxygens (including phenoxy) is 2. The van der Waals surface area contributed by atoms with Crippen LogP contribution in [0.5, 0.6) is 5.75 Å². The van der Waals surface area contributed by atoms with Gasteiger partial charge in [-0.25, -0.2) is 4.39 Å². The van der Waals surface area contributed by atoms with Crippen molar-refractivity contribution in [2.45, 2.75) is 44.1 Å². The largest absolute Gasteiger partial charge is 0.489 e. The highest BCUT2D eigenvalue weighted by molar-refractivity contribution is 5.69. The fraction of sp³-hybridized carbons (Fsp3) is 0.286. The van der Waals surface area contributed by atoms with Gasteiger partial charge in [0.2, 0.25) is 0 Å². The second-order valence-corrected chi connectivity index (χ2v) is 8.44. The van der Waals surface area contributed by atoms with E-state index >= 15 is 0 Å². The average Bonchev–Trinajstić information content (AvgIpc) is 3.65. The van der Waals surface area contributed by atoms with Crippen LogP contribution in [0.1, 0.15) is 42.4 Å². The summed E-state index contributed by atoms with van der Waals surface area (Å²) in [4.78, 5) is 11.2. The van der Waals surface area contributed by atoms with Crippen LogP contribution in [0.15, 0.2) is 66.7 Å². The first-order valence-corrected chi connectivity index (χ1v) is 11.1. The highest BCUT2D eigenvalue weighted by Gasteiger charge is 2.44. The van der Waals surface area contributed by atoms with E-state index in [0.29, 0.717) is 12.2 Å². The topological polar surface area (TPSA) is 59.3 Å². The molecule has 168 valence electrons. The Bertz CT molecular complexity index is 1160. The summed E-state index contributed by atoms with van der Waals surface area (Å²) in [6, 6.07) is 22.8. The monoisotopic (exact) mass is 443 g/mol. The number of aryl methyl sites for hydroxylation is 1. The Balaban J connectivity index is 1.42. The number of methoxy groups -OCH3 is 1. The second-order valence-electron chi connectivity index (χ2n) is 8.44. The lowest BCUT2D eigenvalue weighted by Gasteiger charge is -2.13.